The van der Waals surface area contributed by atoms with Crippen LogP contribution in [0.2, 0.25) is 5.02 Å². The molecule has 13 heavy (non-hydrogen) atoms. The van der Waals surface area contributed by atoms with Crippen molar-refractivity contribution in [2.45, 2.75) is 0 Å². The fraction of sp³-hybridized carbons (Fsp3) is 0. The molecule has 0 unspecified atom stereocenters. The van der Waals surface area contributed by atoms with E-state index in [4.69, 9.17) is 23.1 Å². The number of nitrogens with two attached hydrogens (primary N) is 2. The standard InChI is InChI=1S/C7H6ClFN2O2/c8-4-1-3(9)2-5(6(4)10)13-7(11)12/h1-2H,10H2,(H2,11,12). The number of ether oxygens (including phenoxy) is 1. The van der Waals surface area contributed by atoms with Gasteiger partial charge in [0.25, 0.3) is 0 Å². The first-order chi connectivity index (χ1) is 6.00. The van der Waals surface area contributed by atoms with Gasteiger partial charge in [-0.1, -0.05) is 11.6 Å². The van der Waals surface area contributed by atoms with Crippen molar-refractivity contribution < 1.29 is 13.9 Å². The molecule has 0 radical (unpaired) electrons. The molecule has 0 bridgehead atoms. The van der Waals surface area contributed by atoms with Gasteiger partial charge < -0.3 is 16.2 Å². The normalized spacial score (nSPS) is 9.69. The number of primary amides is 1. The molecule has 4 N–H and O–H groups in total. The maximum atomic E-state index is 12.7. The lowest BCUT2D eigenvalue weighted by Crippen LogP contribution is -2.17. The second-order valence-corrected chi connectivity index (χ2v) is 2.63. The number of benzene rings is 1. The molecule has 1 amide bonds. The van der Waals surface area contributed by atoms with Crippen molar-refractivity contribution >= 4 is 23.4 Å². The van der Waals surface area contributed by atoms with E-state index in [-0.39, 0.29) is 16.5 Å². The Balaban J connectivity index is 3.12. The van der Waals surface area contributed by atoms with Crippen molar-refractivity contribution in [3.63, 3.8) is 0 Å². The van der Waals surface area contributed by atoms with Gasteiger partial charge in [0.1, 0.15) is 5.82 Å². The SMILES string of the molecule is NC(=O)Oc1cc(F)cc(Cl)c1N. The van der Waals surface area contributed by atoms with E-state index in [1.165, 1.54) is 0 Å². The summed E-state index contributed by atoms with van der Waals surface area (Å²) in [5.41, 5.74) is 10.1. The largest absolute Gasteiger partial charge is 0.410 e. The van der Waals surface area contributed by atoms with Crippen LogP contribution < -0.4 is 16.2 Å². The average molecular weight is 205 g/mol. The summed E-state index contributed by atoms with van der Waals surface area (Å²) >= 11 is 5.51. The van der Waals surface area contributed by atoms with Crippen molar-refractivity contribution in [3.05, 3.63) is 23.0 Å². The molecule has 6 heteroatoms. The molecular weight excluding hydrogens is 199 g/mol. The van der Waals surface area contributed by atoms with Crippen LogP contribution in [0.15, 0.2) is 12.1 Å². The molecule has 70 valence electrons. The van der Waals surface area contributed by atoms with Crippen LogP contribution in [0, 0.1) is 5.82 Å². The molecule has 1 aromatic rings. The van der Waals surface area contributed by atoms with Crippen LogP contribution in [0.25, 0.3) is 0 Å². The van der Waals surface area contributed by atoms with Gasteiger partial charge in [-0.25, -0.2) is 9.18 Å². The van der Waals surface area contributed by atoms with Crippen LogP contribution in [0.4, 0.5) is 14.9 Å². The van der Waals surface area contributed by atoms with E-state index >= 15 is 0 Å². The lowest BCUT2D eigenvalue weighted by molar-refractivity contribution is 0.211. The number of anilines is 1. The Morgan fingerprint density at radius 1 is 1.54 bits per heavy atom. The number of halogens is 2. The Morgan fingerprint density at radius 2 is 2.15 bits per heavy atom. The summed E-state index contributed by atoms with van der Waals surface area (Å²) in [5, 5.41) is -0.0312. The van der Waals surface area contributed by atoms with Gasteiger partial charge in [0, 0.05) is 6.07 Å². The quantitative estimate of drug-likeness (QED) is 0.681. The maximum absolute atomic E-state index is 12.7. The first-order valence-electron chi connectivity index (χ1n) is 3.22. The monoisotopic (exact) mass is 204 g/mol. The molecule has 0 aromatic heterocycles. The number of carbonyl (C=O) groups excluding carboxylic acids is 1. The van der Waals surface area contributed by atoms with Crippen molar-refractivity contribution in [3.8, 4) is 5.75 Å². The highest BCUT2D eigenvalue weighted by Crippen LogP contribution is 2.30. The average Bonchev–Trinajstić information content (AvgIpc) is 1.98. The number of hydrogen-bond donors (Lipinski definition) is 2. The minimum absolute atomic E-state index is 0.0260. The molecule has 0 saturated carbocycles. The Morgan fingerprint density at radius 3 is 2.69 bits per heavy atom. The van der Waals surface area contributed by atoms with E-state index in [9.17, 15) is 9.18 Å². The zero-order valence-electron chi connectivity index (χ0n) is 6.38. The molecule has 0 aliphatic rings. The molecule has 1 aromatic carbocycles. The van der Waals surface area contributed by atoms with Gasteiger partial charge in [0.15, 0.2) is 5.75 Å². The minimum Gasteiger partial charge on any atom is -0.408 e. The molecule has 0 fully saturated rings. The molecule has 0 aliphatic heterocycles. The maximum Gasteiger partial charge on any atom is 0.410 e. The highest BCUT2D eigenvalue weighted by atomic mass is 35.5. The predicted molar refractivity (Wildman–Crippen MR) is 46.0 cm³/mol. The van der Waals surface area contributed by atoms with Gasteiger partial charge in [-0.3, -0.25) is 0 Å². The number of rotatable bonds is 1. The Hall–Kier alpha value is -1.49. The lowest BCUT2D eigenvalue weighted by atomic mass is 10.3. The highest BCUT2D eigenvalue weighted by Gasteiger charge is 2.09. The molecule has 0 atom stereocenters. The molecule has 0 aliphatic carbocycles. The smallest absolute Gasteiger partial charge is 0.408 e. The fourth-order valence-electron chi connectivity index (χ4n) is 0.754. The third-order valence-corrected chi connectivity index (χ3v) is 1.58. The number of carbonyl (C=O) groups is 1. The van der Waals surface area contributed by atoms with Crippen molar-refractivity contribution in [2.75, 3.05) is 5.73 Å². The van der Waals surface area contributed by atoms with E-state index < -0.39 is 11.9 Å². The first-order valence-corrected chi connectivity index (χ1v) is 3.60. The van der Waals surface area contributed by atoms with Crippen LogP contribution in [0.3, 0.4) is 0 Å². The molecule has 1 rings (SSSR count). The number of hydrogen-bond acceptors (Lipinski definition) is 3. The van der Waals surface area contributed by atoms with Crippen LogP contribution in [0.1, 0.15) is 0 Å². The summed E-state index contributed by atoms with van der Waals surface area (Å²) in [6, 6.07) is 1.93. The zero-order valence-corrected chi connectivity index (χ0v) is 7.14. The topological polar surface area (TPSA) is 78.3 Å². The van der Waals surface area contributed by atoms with E-state index in [0.29, 0.717) is 0 Å². The van der Waals surface area contributed by atoms with Crippen molar-refractivity contribution in [2.24, 2.45) is 5.73 Å². The van der Waals surface area contributed by atoms with Crippen LogP contribution in [-0.4, -0.2) is 6.09 Å². The second-order valence-electron chi connectivity index (χ2n) is 2.22. The number of nitrogen functional groups attached to an aromatic ring is 1. The summed E-state index contributed by atoms with van der Waals surface area (Å²) in [7, 11) is 0. The van der Waals surface area contributed by atoms with Crippen LogP contribution in [0.5, 0.6) is 5.75 Å². The Labute approximate surface area is 78.2 Å². The molecule has 4 nitrogen and oxygen atoms in total. The molecular formula is C7H6ClFN2O2. The van der Waals surface area contributed by atoms with Gasteiger partial charge in [-0.05, 0) is 6.07 Å². The van der Waals surface area contributed by atoms with Crippen LogP contribution >= 0.6 is 11.6 Å². The third-order valence-electron chi connectivity index (χ3n) is 1.27. The van der Waals surface area contributed by atoms with Crippen molar-refractivity contribution in [1.82, 2.24) is 0 Å². The fourth-order valence-corrected chi connectivity index (χ4v) is 0.951. The Bertz CT molecular complexity index is 357. The van der Waals surface area contributed by atoms with E-state index in [1.54, 1.807) is 0 Å². The van der Waals surface area contributed by atoms with Gasteiger partial charge in [0.05, 0.1) is 10.7 Å². The van der Waals surface area contributed by atoms with Crippen molar-refractivity contribution in [1.29, 1.82) is 0 Å². The molecule has 0 saturated heterocycles. The Kier molecular flexibility index (Phi) is 2.57. The molecule has 0 heterocycles. The van der Waals surface area contributed by atoms with Gasteiger partial charge in [-0.2, -0.15) is 0 Å². The second kappa shape index (κ2) is 3.49. The van der Waals surface area contributed by atoms with Gasteiger partial charge in [0.2, 0.25) is 0 Å². The van der Waals surface area contributed by atoms with Gasteiger partial charge >= 0.3 is 6.09 Å². The third kappa shape index (κ3) is 2.22. The summed E-state index contributed by atoms with van der Waals surface area (Å²) in [5.74, 6) is -0.840. The first kappa shape index (κ1) is 9.60. The van der Waals surface area contributed by atoms with Gasteiger partial charge in [-0.15, -0.1) is 0 Å². The molecule has 0 spiro atoms. The van der Waals surface area contributed by atoms with Crippen LogP contribution in [-0.2, 0) is 0 Å². The summed E-state index contributed by atoms with van der Waals surface area (Å²) in [6.07, 6.45) is -1.08. The lowest BCUT2D eigenvalue weighted by Gasteiger charge is -2.05. The summed E-state index contributed by atoms with van der Waals surface area (Å²) in [4.78, 5) is 10.3. The predicted octanol–water partition coefficient (Wildman–Crippen LogP) is 1.52. The number of amides is 1. The summed E-state index contributed by atoms with van der Waals surface area (Å²) < 4.78 is 17.1. The van der Waals surface area contributed by atoms with E-state index in [1.807, 2.05) is 0 Å². The zero-order chi connectivity index (χ0) is 10.0. The minimum atomic E-state index is -1.08. The summed E-state index contributed by atoms with van der Waals surface area (Å²) in [6.45, 7) is 0. The van der Waals surface area contributed by atoms with E-state index in [0.717, 1.165) is 12.1 Å². The van der Waals surface area contributed by atoms with E-state index in [2.05, 4.69) is 4.74 Å². The highest BCUT2D eigenvalue weighted by molar-refractivity contribution is 6.33.